The van der Waals surface area contributed by atoms with Gasteiger partial charge in [-0.15, -0.1) is 0 Å². The van der Waals surface area contributed by atoms with E-state index in [1.54, 1.807) is 78.9 Å². The Kier molecular flexibility index (Phi) is 13.9. The molecule has 70 heavy (non-hydrogen) atoms. The SMILES string of the molecule is O=C(c1ccc(F)cc1)c1ccccc1NC(CC1=CC=C(Oc2ccc(C(=O)c3ccccc3NC(Cc3ccc(OCCn4c5ccccc5c5ccccc54)cc3)C(=O)O)cc2)CC1)C(=O)O. The van der Waals surface area contributed by atoms with E-state index in [-0.39, 0.29) is 35.5 Å². The van der Waals surface area contributed by atoms with Gasteiger partial charge in [-0.25, -0.2) is 14.0 Å². The molecule has 11 nitrogen and oxygen atoms in total. The number of nitrogens with zero attached hydrogens (tertiary/aromatic N) is 1. The fourth-order valence-corrected chi connectivity index (χ4v) is 8.76. The number of ether oxygens (including phenoxy) is 2. The first-order valence-electron chi connectivity index (χ1n) is 22.9. The number of carbonyl (C=O) groups excluding carboxylic acids is 2. The van der Waals surface area contributed by atoms with E-state index < -0.39 is 29.8 Å². The van der Waals surface area contributed by atoms with Gasteiger partial charge in [0.15, 0.2) is 11.6 Å². The van der Waals surface area contributed by atoms with E-state index >= 15 is 0 Å². The van der Waals surface area contributed by atoms with E-state index in [1.165, 1.54) is 35.0 Å². The van der Waals surface area contributed by atoms with Crippen molar-refractivity contribution >= 4 is 56.7 Å². The third-order valence-electron chi connectivity index (χ3n) is 12.4. The highest BCUT2D eigenvalue weighted by atomic mass is 19.1. The molecule has 0 fully saturated rings. The number of ketones is 2. The van der Waals surface area contributed by atoms with Crippen LogP contribution in [-0.4, -0.2) is 57.0 Å². The molecule has 0 bridgehead atoms. The summed E-state index contributed by atoms with van der Waals surface area (Å²) in [6.07, 6.45) is 5.00. The molecule has 4 N–H and O–H groups in total. The standard InChI is InChI=1S/C58H48FN3O8/c59-41-25-21-39(22-26-41)55(63)47-11-1-5-13-49(47)60-52(58(67)68)36-38-19-29-43(30-20-38)70-44-31-23-40(24-32-44)56(64)48-12-2-6-14-50(48)61-51(57(65)66)35-37-17-27-42(28-18-37)69-34-33-62-53-15-7-3-9-45(53)46-10-4-8-16-54(46)62/h1-19,21-29,31-32,51-52,60-61H,20,30,33-36H2,(H,65,66)(H,67,68). The number of rotatable bonds is 20. The predicted octanol–water partition coefficient (Wildman–Crippen LogP) is 11.5. The Morgan fingerprint density at radius 2 is 1.06 bits per heavy atom. The van der Waals surface area contributed by atoms with Gasteiger partial charge < -0.3 is 34.9 Å². The third-order valence-corrected chi connectivity index (χ3v) is 12.4. The van der Waals surface area contributed by atoms with Gasteiger partial charge in [-0.05, 0) is 122 Å². The van der Waals surface area contributed by atoms with E-state index in [0.717, 1.165) is 22.2 Å². The maximum Gasteiger partial charge on any atom is 0.326 e. The number of anilines is 2. The van der Waals surface area contributed by atoms with Crippen molar-refractivity contribution in [3.63, 3.8) is 0 Å². The minimum absolute atomic E-state index is 0.159. The highest BCUT2D eigenvalue weighted by Gasteiger charge is 2.25. The van der Waals surface area contributed by atoms with Crippen LogP contribution in [0.2, 0.25) is 0 Å². The predicted molar refractivity (Wildman–Crippen MR) is 268 cm³/mol. The van der Waals surface area contributed by atoms with Crippen LogP contribution in [0.4, 0.5) is 15.8 Å². The summed E-state index contributed by atoms with van der Waals surface area (Å²) in [4.78, 5) is 52.1. The number of hydrogen-bond donors (Lipinski definition) is 4. The average Bonchev–Trinajstić information content (AvgIpc) is 3.70. The van der Waals surface area contributed by atoms with Crippen molar-refractivity contribution in [2.45, 2.75) is 44.3 Å². The van der Waals surface area contributed by atoms with Crippen LogP contribution in [0.3, 0.4) is 0 Å². The fraction of sp³-hybridized carbons (Fsp3) is 0.138. The number of allylic oxidation sites excluding steroid dienone is 3. The van der Waals surface area contributed by atoms with Crippen LogP contribution < -0.4 is 20.1 Å². The van der Waals surface area contributed by atoms with Crippen molar-refractivity contribution in [2.24, 2.45) is 0 Å². The molecule has 350 valence electrons. The molecular weight excluding hydrogens is 886 g/mol. The number of benzene rings is 7. The highest BCUT2D eigenvalue weighted by molar-refractivity contribution is 6.13. The van der Waals surface area contributed by atoms with E-state index in [0.29, 0.717) is 65.8 Å². The van der Waals surface area contributed by atoms with Gasteiger partial charge in [0, 0.05) is 68.3 Å². The summed E-state index contributed by atoms with van der Waals surface area (Å²) in [6.45, 7) is 1.10. The van der Waals surface area contributed by atoms with Crippen LogP contribution in [0.1, 0.15) is 56.7 Å². The zero-order chi connectivity index (χ0) is 48.6. The normalized spacial score (nSPS) is 13.2. The zero-order valence-electron chi connectivity index (χ0n) is 37.9. The summed E-state index contributed by atoms with van der Waals surface area (Å²) in [5.74, 6) is -1.43. The second kappa shape index (κ2) is 21.0. The lowest BCUT2D eigenvalue weighted by Crippen LogP contribution is -2.32. The molecule has 7 aromatic carbocycles. The van der Waals surface area contributed by atoms with Gasteiger partial charge >= 0.3 is 11.9 Å². The van der Waals surface area contributed by atoms with Gasteiger partial charge in [0.2, 0.25) is 0 Å². The molecule has 8 aromatic rings. The Bertz CT molecular complexity index is 3230. The lowest BCUT2D eigenvalue weighted by atomic mass is 9.96. The second-order valence-corrected chi connectivity index (χ2v) is 17.0. The number of halogens is 1. The van der Waals surface area contributed by atoms with Gasteiger partial charge in [-0.3, -0.25) is 9.59 Å². The van der Waals surface area contributed by atoms with Gasteiger partial charge in [-0.2, -0.15) is 0 Å². The van der Waals surface area contributed by atoms with Crippen LogP contribution in [-0.2, 0) is 22.6 Å². The van der Waals surface area contributed by atoms with E-state index in [4.69, 9.17) is 9.47 Å². The van der Waals surface area contributed by atoms with Crippen molar-refractivity contribution in [2.75, 3.05) is 17.2 Å². The summed E-state index contributed by atoms with van der Waals surface area (Å²) < 4.78 is 28.0. The molecule has 0 saturated carbocycles. The first kappa shape index (κ1) is 46.3. The molecule has 2 atom stereocenters. The Balaban J connectivity index is 0.791. The molecule has 0 aliphatic heterocycles. The van der Waals surface area contributed by atoms with Gasteiger partial charge in [0.05, 0.1) is 6.54 Å². The van der Waals surface area contributed by atoms with Crippen LogP contribution in [0.5, 0.6) is 11.5 Å². The van der Waals surface area contributed by atoms with Crippen molar-refractivity contribution in [3.05, 3.63) is 227 Å². The molecule has 1 aliphatic rings. The molecule has 1 aromatic heterocycles. The molecule has 1 heterocycles. The molecular formula is C58H48FN3O8. The number of nitrogens with one attached hydrogen (secondary N) is 2. The molecule has 1 aliphatic carbocycles. The number of para-hydroxylation sites is 4. The lowest BCUT2D eigenvalue weighted by Gasteiger charge is -2.21. The summed E-state index contributed by atoms with van der Waals surface area (Å²) in [6, 6.07) is 47.3. The second-order valence-electron chi connectivity index (χ2n) is 17.0. The maximum absolute atomic E-state index is 13.9. The average molecular weight is 934 g/mol. The summed E-state index contributed by atoms with van der Waals surface area (Å²) in [5, 5.41) is 28.9. The monoisotopic (exact) mass is 933 g/mol. The lowest BCUT2D eigenvalue weighted by molar-refractivity contribution is -0.138. The first-order valence-corrected chi connectivity index (χ1v) is 22.9. The van der Waals surface area contributed by atoms with Crippen molar-refractivity contribution in [1.82, 2.24) is 4.57 Å². The number of aromatic nitrogens is 1. The summed E-state index contributed by atoms with van der Waals surface area (Å²) >= 11 is 0. The molecule has 0 radical (unpaired) electrons. The smallest absolute Gasteiger partial charge is 0.326 e. The number of fused-ring (bicyclic) bond motifs is 3. The van der Waals surface area contributed by atoms with Crippen LogP contribution in [0.15, 0.2) is 193 Å². The van der Waals surface area contributed by atoms with Crippen molar-refractivity contribution in [3.8, 4) is 11.5 Å². The molecule has 0 spiro atoms. The topological polar surface area (TPSA) is 156 Å². The Morgan fingerprint density at radius 3 is 1.60 bits per heavy atom. The van der Waals surface area contributed by atoms with Gasteiger partial charge in [0.1, 0.15) is 41.8 Å². The van der Waals surface area contributed by atoms with Crippen molar-refractivity contribution in [1.29, 1.82) is 0 Å². The van der Waals surface area contributed by atoms with Crippen LogP contribution in [0, 0.1) is 5.82 Å². The Labute approximate surface area is 403 Å². The first-order chi connectivity index (χ1) is 34.1. The molecule has 9 rings (SSSR count). The third kappa shape index (κ3) is 10.7. The molecule has 0 saturated heterocycles. The summed E-state index contributed by atoms with van der Waals surface area (Å²) in [5.41, 5.74) is 5.96. The molecule has 2 unspecified atom stereocenters. The van der Waals surface area contributed by atoms with Gasteiger partial charge in [-0.1, -0.05) is 84.4 Å². The van der Waals surface area contributed by atoms with E-state index in [2.05, 4.69) is 39.5 Å². The zero-order valence-corrected chi connectivity index (χ0v) is 37.9. The number of carboxylic acid groups (broad SMARTS) is 2. The fourth-order valence-electron chi connectivity index (χ4n) is 8.76. The minimum atomic E-state index is -1.08. The Morgan fingerprint density at radius 1 is 0.557 bits per heavy atom. The molecule has 12 heteroatoms. The van der Waals surface area contributed by atoms with Gasteiger partial charge in [0.25, 0.3) is 0 Å². The maximum atomic E-state index is 13.9. The molecule has 0 amide bonds. The van der Waals surface area contributed by atoms with E-state index in [9.17, 15) is 33.8 Å². The van der Waals surface area contributed by atoms with Crippen molar-refractivity contribution < 1.29 is 43.3 Å². The minimum Gasteiger partial charge on any atom is -0.492 e. The highest BCUT2D eigenvalue weighted by Crippen LogP contribution is 2.31. The number of carboxylic acids is 2. The largest absolute Gasteiger partial charge is 0.492 e. The summed E-state index contributed by atoms with van der Waals surface area (Å²) in [7, 11) is 0. The quantitative estimate of drug-likeness (QED) is 0.0543. The van der Waals surface area contributed by atoms with E-state index in [1.807, 2.05) is 54.6 Å². The van der Waals surface area contributed by atoms with Crippen LogP contribution in [0.25, 0.3) is 21.8 Å². The Hall–Kier alpha value is -8.77. The number of aliphatic carboxylic acids is 2. The number of carbonyl (C=O) groups is 4. The number of hydrogen-bond acceptors (Lipinski definition) is 8. The van der Waals surface area contributed by atoms with Crippen LogP contribution >= 0.6 is 0 Å².